The summed E-state index contributed by atoms with van der Waals surface area (Å²) in [6, 6.07) is 0. The lowest BCUT2D eigenvalue weighted by Crippen LogP contribution is -2.31. The van der Waals surface area contributed by atoms with E-state index in [1.807, 2.05) is 0 Å². The fourth-order valence-corrected chi connectivity index (χ4v) is 1.92. The van der Waals surface area contributed by atoms with E-state index >= 15 is 0 Å². The normalized spacial score (nSPS) is 16.4. The molecule has 1 heteroatoms. The number of hydrogen-bond acceptors (Lipinski definition) is 1. The number of ether oxygens (including phenoxy) is 1. The Morgan fingerprint density at radius 1 is 0.933 bits per heavy atom. The van der Waals surface area contributed by atoms with Gasteiger partial charge in [-0.1, -0.05) is 48.5 Å². The van der Waals surface area contributed by atoms with Crippen molar-refractivity contribution in [3.63, 3.8) is 0 Å². The van der Waals surface area contributed by atoms with E-state index in [0.29, 0.717) is 17.3 Å². The maximum atomic E-state index is 5.82. The van der Waals surface area contributed by atoms with Gasteiger partial charge in [-0.2, -0.15) is 0 Å². The maximum Gasteiger partial charge on any atom is 0.0522 e. The molecule has 0 amide bonds. The molecule has 0 aliphatic carbocycles. The zero-order chi connectivity index (χ0) is 12.1. The first kappa shape index (κ1) is 15.0. The van der Waals surface area contributed by atoms with Crippen LogP contribution in [0.2, 0.25) is 0 Å². The van der Waals surface area contributed by atoms with Crippen LogP contribution in [0.5, 0.6) is 0 Å². The van der Waals surface area contributed by atoms with Crippen molar-refractivity contribution >= 4 is 0 Å². The lowest BCUT2D eigenvalue weighted by Gasteiger charge is -2.35. The van der Waals surface area contributed by atoms with E-state index in [1.54, 1.807) is 0 Å². The molecule has 0 saturated heterocycles. The van der Waals surface area contributed by atoms with Crippen molar-refractivity contribution in [2.24, 2.45) is 23.2 Å². The first-order chi connectivity index (χ1) is 6.78. The van der Waals surface area contributed by atoms with Crippen LogP contribution in [-0.2, 0) is 4.74 Å². The van der Waals surface area contributed by atoms with Gasteiger partial charge in [-0.3, -0.25) is 0 Å². The van der Waals surface area contributed by atoms with E-state index in [9.17, 15) is 0 Å². The highest BCUT2D eigenvalue weighted by Gasteiger charge is 2.29. The monoisotopic (exact) mass is 214 g/mol. The Kier molecular flexibility index (Phi) is 6.51. The maximum absolute atomic E-state index is 5.82. The predicted octanol–water partition coefficient (Wildman–Crippen LogP) is 4.37. The van der Waals surface area contributed by atoms with Gasteiger partial charge in [-0.25, -0.2) is 0 Å². The second kappa shape index (κ2) is 6.52. The molecular formula is C14H30O. The van der Waals surface area contributed by atoms with Crippen LogP contribution in [-0.4, -0.2) is 13.2 Å². The lowest BCUT2D eigenvalue weighted by molar-refractivity contribution is 0.00304. The van der Waals surface area contributed by atoms with Crippen molar-refractivity contribution in [3.05, 3.63) is 0 Å². The van der Waals surface area contributed by atoms with Crippen LogP contribution in [0, 0.1) is 23.2 Å². The summed E-state index contributed by atoms with van der Waals surface area (Å²) in [5.41, 5.74) is 0.336. The first-order valence-electron chi connectivity index (χ1n) is 6.35. The third-order valence-corrected chi connectivity index (χ3v) is 3.15. The molecule has 0 aliphatic rings. The molecule has 92 valence electrons. The third-order valence-electron chi connectivity index (χ3n) is 3.15. The highest BCUT2D eigenvalue weighted by molar-refractivity contribution is 4.78. The SMILES string of the molecule is CC(C)COCC(C)(CC(C)C)C(C)C. The minimum absolute atomic E-state index is 0.336. The molecule has 1 atom stereocenters. The van der Waals surface area contributed by atoms with Gasteiger partial charge in [0.15, 0.2) is 0 Å². The summed E-state index contributed by atoms with van der Waals surface area (Å²) < 4.78 is 5.82. The zero-order valence-corrected chi connectivity index (χ0v) is 11.8. The molecule has 0 aromatic carbocycles. The van der Waals surface area contributed by atoms with Gasteiger partial charge in [-0.05, 0) is 29.6 Å². The van der Waals surface area contributed by atoms with E-state index < -0.39 is 0 Å². The quantitative estimate of drug-likeness (QED) is 0.611. The van der Waals surface area contributed by atoms with Crippen molar-refractivity contribution in [3.8, 4) is 0 Å². The van der Waals surface area contributed by atoms with Crippen molar-refractivity contribution in [1.82, 2.24) is 0 Å². The van der Waals surface area contributed by atoms with E-state index in [1.165, 1.54) is 6.42 Å². The van der Waals surface area contributed by atoms with Crippen molar-refractivity contribution in [2.75, 3.05) is 13.2 Å². The molecule has 15 heavy (non-hydrogen) atoms. The van der Waals surface area contributed by atoms with Gasteiger partial charge >= 0.3 is 0 Å². The smallest absolute Gasteiger partial charge is 0.0522 e. The Bertz CT molecular complexity index is 161. The van der Waals surface area contributed by atoms with Crippen LogP contribution in [0.15, 0.2) is 0 Å². The largest absolute Gasteiger partial charge is 0.381 e. The van der Waals surface area contributed by atoms with Gasteiger partial charge in [0.2, 0.25) is 0 Å². The van der Waals surface area contributed by atoms with E-state index in [2.05, 4.69) is 48.5 Å². The minimum atomic E-state index is 0.336. The Morgan fingerprint density at radius 3 is 1.80 bits per heavy atom. The molecule has 0 radical (unpaired) electrons. The average Bonchev–Trinajstić information content (AvgIpc) is 2.01. The zero-order valence-electron chi connectivity index (χ0n) is 11.8. The minimum Gasteiger partial charge on any atom is -0.381 e. The fourth-order valence-electron chi connectivity index (χ4n) is 1.92. The van der Waals surface area contributed by atoms with Gasteiger partial charge < -0.3 is 4.74 Å². The summed E-state index contributed by atoms with van der Waals surface area (Å²) in [5, 5.41) is 0. The second-order valence-corrected chi connectivity index (χ2v) is 6.32. The van der Waals surface area contributed by atoms with E-state index in [0.717, 1.165) is 19.1 Å². The summed E-state index contributed by atoms with van der Waals surface area (Å²) in [6.07, 6.45) is 1.25. The van der Waals surface area contributed by atoms with Crippen molar-refractivity contribution in [1.29, 1.82) is 0 Å². The Hall–Kier alpha value is -0.0400. The van der Waals surface area contributed by atoms with Crippen molar-refractivity contribution in [2.45, 2.75) is 54.9 Å². The van der Waals surface area contributed by atoms with Gasteiger partial charge in [0.05, 0.1) is 6.61 Å². The van der Waals surface area contributed by atoms with Crippen LogP contribution in [0.25, 0.3) is 0 Å². The van der Waals surface area contributed by atoms with Crippen LogP contribution in [0.3, 0.4) is 0 Å². The van der Waals surface area contributed by atoms with Gasteiger partial charge in [0, 0.05) is 6.61 Å². The van der Waals surface area contributed by atoms with Gasteiger partial charge in [-0.15, -0.1) is 0 Å². The molecule has 0 fully saturated rings. The summed E-state index contributed by atoms with van der Waals surface area (Å²) in [6.45, 7) is 17.8. The van der Waals surface area contributed by atoms with Gasteiger partial charge in [0.1, 0.15) is 0 Å². The Labute approximate surface area is 96.6 Å². The van der Waals surface area contributed by atoms with E-state index in [4.69, 9.17) is 4.74 Å². The van der Waals surface area contributed by atoms with E-state index in [-0.39, 0.29) is 0 Å². The molecule has 0 aliphatic heterocycles. The van der Waals surface area contributed by atoms with Crippen LogP contribution >= 0.6 is 0 Å². The molecule has 0 saturated carbocycles. The molecule has 1 nitrogen and oxygen atoms in total. The fraction of sp³-hybridized carbons (Fsp3) is 1.00. The molecule has 0 heterocycles. The Balaban J connectivity index is 4.13. The molecule has 0 spiro atoms. The van der Waals surface area contributed by atoms with Gasteiger partial charge in [0.25, 0.3) is 0 Å². The second-order valence-electron chi connectivity index (χ2n) is 6.32. The average molecular weight is 214 g/mol. The predicted molar refractivity (Wildman–Crippen MR) is 68.1 cm³/mol. The topological polar surface area (TPSA) is 9.23 Å². The molecular weight excluding hydrogens is 184 g/mol. The standard InChI is InChI=1S/C14H30O/c1-11(2)8-14(7,13(5)6)10-15-9-12(3)4/h11-13H,8-10H2,1-7H3. The highest BCUT2D eigenvalue weighted by atomic mass is 16.5. The lowest BCUT2D eigenvalue weighted by atomic mass is 9.74. The molecule has 0 N–H and O–H groups in total. The molecule has 0 aromatic rings. The molecule has 1 unspecified atom stereocenters. The first-order valence-corrected chi connectivity index (χ1v) is 6.35. The third kappa shape index (κ3) is 6.19. The molecule has 0 bridgehead atoms. The molecule has 0 rings (SSSR count). The van der Waals surface area contributed by atoms with Crippen molar-refractivity contribution < 1.29 is 4.74 Å². The van der Waals surface area contributed by atoms with Crippen LogP contribution < -0.4 is 0 Å². The summed E-state index contributed by atoms with van der Waals surface area (Å²) in [7, 11) is 0. The number of hydrogen-bond donors (Lipinski definition) is 0. The van der Waals surface area contributed by atoms with Crippen LogP contribution in [0.4, 0.5) is 0 Å². The number of rotatable bonds is 7. The highest BCUT2D eigenvalue weighted by Crippen LogP contribution is 2.34. The molecule has 0 aromatic heterocycles. The summed E-state index contributed by atoms with van der Waals surface area (Å²) >= 11 is 0. The van der Waals surface area contributed by atoms with Crippen LogP contribution in [0.1, 0.15) is 54.9 Å². The Morgan fingerprint density at radius 2 is 1.47 bits per heavy atom. The summed E-state index contributed by atoms with van der Waals surface area (Å²) in [4.78, 5) is 0. The summed E-state index contributed by atoms with van der Waals surface area (Å²) in [5.74, 6) is 2.08.